The average Bonchev–Trinajstić information content (AvgIpc) is 2.73. The van der Waals surface area contributed by atoms with Gasteiger partial charge in [-0.25, -0.2) is 8.42 Å². The molecule has 0 aliphatic heterocycles. The Labute approximate surface area is 172 Å². The van der Waals surface area contributed by atoms with Crippen LogP contribution in [0.5, 0.6) is 0 Å². The van der Waals surface area contributed by atoms with E-state index in [2.05, 4.69) is 5.32 Å². The van der Waals surface area contributed by atoms with Gasteiger partial charge >= 0.3 is 0 Å². The zero-order valence-electron chi connectivity index (χ0n) is 16.4. The van der Waals surface area contributed by atoms with Crippen LogP contribution in [0.4, 0.5) is 5.69 Å². The van der Waals surface area contributed by atoms with E-state index < -0.39 is 10.0 Å². The Morgan fingerprint density at radius 3 is 2.17 bits per heavy atom. The first-order valence-electron chi connectivity index (χ1n) is 9.36. The van der Waals surface area contributed by atoms with Crippen molar-refractivity contribution in [2.24, 2.45) is 0 Å². The van der Waals surface area contributed by atoms with Gasteiger partial charge < -0.3 is 5.32 Å². The molecule has 0 saturated heterocycles. The van der Waals surface area contributed by atoms with Gasteiger partial charge in [0.05, 0.1) is 16.6 Å². The van der Waals surface area contributed by atoms with Crippen LogP contribution < -0.4 is 9.62 Å². The maximum absolute atomic E-state index is 13.3. The molecule has 0 saturated carbocycles. The first-order chi connectivity index (χ1) is 13.9. The zero-order chi connectivity index (χ0) is 20.9. The second-order valence-electron chi connectivity index (χ2n) is 6.86. The largest absolute Gasteiger partial charge is 0.348 e. The molecule has 150 valence electrons. The van der Waals surface area contributed by atoms with Gasteiger partial charge in [-0.2, -0.15) is 0 Å². The van der Waals surface area contributed by atoms with Gasteiger partial charge in [0.15, 0.2) is 0 Å². The molecule has 0 bridgehead atoms. The highest BCUT2D eigenvalue weighted by Crippen LogP contribution is 2.24. The number of anilines is 1. The number of aryl methyl sites for hydroxylation is 1. The Hall–Kier alpha value is -3.12. The maximum atomic E-state index is 13.3. The van der Waals surface area contributed by atoms with Crippen LogP contribution in [0.3, 0.4) is 0 Å². The average molecular weight is 409 g/mol. The summed E-state index contributed by atoms with van der Waals surface area (Å²) in [5, 5.41) is 2.89. The minimum atomic E-state index is -3.89. The van der Waals surface area contributed by atoms with Gasteiger partial charge in [0.2, 0.25) is 5.91 Å². The lowest BCUT2D eigenvalue weighted by Crippen LogP contribution is -2.41. The van der Waals surface area contributed by atoms with Crippen LogP contribution in [0, 0.1) is 6.92 Å². The number of hydrogen-bond acceptors (Lipinski definition) is 3. The highest BCUT2D eigenvalue weighted by Gasteiger charge is 2.27. The van der Waals surface area contributed by atoms with Crippen LogP contribution in [-0.4, -0.2) is 20.9 Å². The van der Waals surface area contributed by atoms with Crippen LogP contribution in [-0.2, 0) is 14.8 Å². The van der Waals surface area contributed by atoms with Crippen molar-refractivity contribution in [1.29, 1.82) is 0 Å². The molecule has 3 aromatic carbocycles. The van der Waals surface area contributed by atoms with Crippen LogP contribution >= 0.6 is 0 Å². The fraction of sp³-hybridized carbons (Fsp3) is 0.174. The van der Waals surface area contributed by atoms with Crippen LogP contribution in [0.15, 0.2) is 89.8 Å². The number of rotatable bonds is 7. The summed E-state index contributed by atoms with van der Waals surface area (Å²) in [6.07, 6.45) is 0. The minimum Gasteiger partial charge on any atom is -0.348 e. The summed E-state index contributed by atoms with van der Waals surface area (Å²) >= 11 is 0. The molecular weight excluding hydrogens is 384 g/mol. The Balaban J connectivity index is 1.89. The van der Waals surface area contributed by atoms with Crippen LogP contribution in [0.1, 0.15) is 24.1 Å². The number of amides is 1. The van der Waals surface area contributed by atoms with E-state index in [9.17, 15) is 13.2 Å². The molecule has 6 heteroatoms. The molecule has 29 heavy (non-hydrogen) atoms. The molecule has 5 nitrogen and oxygen atoms in total. The predicted molar refractivity (Wildman–Crippen MR) is 115 cm³/mol. The van der Waals surface area contributed by atoms with Gasteiger partial charge in [0.1, 0.15) is 6.54 Å². The van der Waals surface area contributed by atoms with E-state index in [4.69, 9.17) is 0 Å². The van der Waals surface area contributed by atoms with E-state index in [1.165, 1.54) is 12.1 Å². The second kappa shape index (κ2) is 8.92. The molecule has 3 rings (SSSR count). The SMILES string of the molecule is Cc1cccc(N(CC(=O)N[C@H](C)c2ccccc2)S(=O)(=O)c2ccccc2)c1. The second-order valence-corrected chi connectivity index (χ2v) is 8.73. The van der Waals surface area contributed by atoms with Crippen LogP contribution in [0.2, 0.25) is 0 Å². The van der Waals surface area contributed by atoms with Crippen molar-refractivity contribution in [3.05, 3.63) is 96.1 Å². The summed E-state index contributed by atoms with van der Waals surface area (Å²) in [6, 6.07) is 24.6. The van der Waals surface area contributed by atoms with Gasteiger partial charge in [-0.05, 0) is 49.2 Å². The predicted octanol–water partition coefficient (Wildman–Crippen LogP) is 4.07. The maximum Gasteiger partial charge on any atom is 0.264 e. The Morgan fingerprint density at radius 1 is 0.931 bits per heavy atom. The summed E-state index contributed by atoms with van der Waals surface area (Å²) in [5.74, 6) is -0.373. The fourth-order valence-corrected chi connectivity index (χ4v) is 4.49. The number of sulfonamides is 1. The molecule has 0 fully saturated rings. The topological polar surface area (TPSA) is 66.5 Å². The summed E-state index contributed by atoms with van der Waals surface area (Å²) in [7, 11) is -3.89. The van der Waals surface area contributed by atoms with Crippen molar-refractivity contribution in [3.8, 4) is 0 Å². The van der Waals surface area contributed by atoms with Gasteiger partial charge in [-0.15, -0.1) is 0 Å². The highest BCUT2D eigenvalue weighted by molar-refractivity contribution is 7.92. The molecule has 1 atom stereocenters. The number of carbonyl (C=O) groups excluding carboxylic acids is 1. The third-order valence-electron chi connectivity index (χ3n) is 4.59. The number of nitrogens with one attached hydrogen (secondary N) is 1. The van der Waals surface area contributed by atoms with E-state index in [-0.39, 0.29) is 23.4 Å². The molecule has 0 aliphatic carbocycles. The number of carbonyl (C=O) groups is 1. The van der Waals surface area contributed by atoms with Crippen LogP contribution in [0.25, 0.3) is 0 Å². The molecule has 1 amide bonds. The minimum absolute atomic E-state index is 0.144. The van der Waals surface area contributed by atoms with E-state index in [1.54, 1.807) is 36.4 Å². The molecule has 0 aliphatic rings. The standard InChI is InChI=1S/C23H24N2O3S/c1-18-10-9-13-21(16-18)25(29(27,28)22-14-7-4-8-15-22)17-23(26)24-19(2)20-11-5-3-6-12-20/h3-16,19H,17H2,1-2H3,(H,24,26)/t19-/m1/s1. The van der Waals surface area contributed by atoms with Crippen molar-refractivity contribution >= 4 is 21.6 Å². The quantitative estimate of drug-likeness (QED) is 0.641. The first-order valence-corrected chi connectivity index (χ1v) is 10.8. The fourth-order valence-electron chi connectivity index (χ4n) is 3.06. The molecular formula is C23H24N2O3S. The summed E-state index contributed by atoms with van der Waals surface area (Å²) in [6.45, 7) is 3.45. The monoisotopic (exact) mass is 408 g/mol. The van der Waals surface area contributed by atoms with Crippen molar-refractivity contribution in [2.45, 2.75) is 24.8 Å². The van der Waals surface area contributed by atoms with Gasteiger partial charge in [0, 0.05) is 0 Å². The molecule has 0 radical (unpaired) electrons. The Morgan fingerprint density at radius 2 is 1.55 bits per heavy atom. The Kier molecular flexibility index (Phi) is 6.34. The summed E-state index contributed by atoms with van der Waals surface area (Å²) in [5.41, 5.74) is 2.32. The summed E-state index contributed by atoms with van der Waals surface area (Å²) < 4.78 is 27.7. The number of nitrogens with zero attached hydrogens (tertiary/aromatic N) is 1. The smallest absolute Gasteiger partial charge is 0.264 e. The zero-order valence-corrected chi connectivity index (χ0v) is 17.3. The van der Waals surface area contributed by atoms with Crippen molar-refractivity contribution in [3.63, 3.8) is 0 Å². The van der Waals surface area contributed by atoms with Crippen molar-refractivity contribution in [1.82, 2.24) is 5.32 Å². The molecule has 1 N–H and O–H groups in total. The molecule has 0 spiro atoms. The molecule has 3 aromatic rings. The number of benzene rings is 3. The lowest BCUT2D eigenvalue weighted by atomic mass is 10.1. The van der Waals surface area contributed by atoms with Gasteiger partial charge in [-0.3, -0.25) is 9.10 Å². The van der Waals surface area contributed by atoms with Gasteiger partial charge in [-0.1, -0.05) is 60.7 Å². The third-order valence-corrected chi connectivity index (χ3v) is 6.37. The molecule has 0 aromatic heterocycles. The van der Waals surface area contributed by atoms with Crippen molar-refractivity contribution in [2.75, 3.05) is 10.8 Å². The van der Waals surface area contributed by atoms with E-state index in [0.29, 0.717) is 5.69 Å². The van der Waals surface area contributed by atoms with E-state index in [0.717, 1.165) is 15.4 Å². The van der Waals surface area contributed by atoms with E-state index >= 15 is 0 Å². The lowest BCUT2D eigenvalue weighted by Gasteiger charge is -2.25. The Bertz CT molecular complexity index is 1070. The lowest BCUT2D eigenvalue weighted by molar-refractivity contribution is -0.120. The first kappa shape index (κ1) is 20.6. The molecule has 0 heterocycles. The normalized spacial score (nSPS) is 12.2. The van der Waals surface area contributed by atoms with Crippen molar-refractivity contribution < 1.29 is 13.2 Å². The van der Waals surface area contributed by atoms with Gasteiger partial charge in [0.25, 0.3) is 10.0 Å². The van der Waals surface area contributed by atoms with E-state index in [1.807, 2.05) is 50.2 Å². The summed E-state index contributed by atoms with van der Waals surface area (Å²) in [4.78, 5) is 12.9. The molecule has 0 unspecified atom stereocenters. The number of hydrogen-bond donors (Lipinski definition) is 1. The highest BCUT2D eigenvalue weighted by atomic mass is 32.2. The third kappa shape index (κ3) is 5.03.